The standard InChI is InChI=1S/C21H18N6O2/c1-29-18-4-2-3-17(25-18)19-14(11-22)20(23)26-16-7-10-27(12-15(16)19)21(28)13-5-8-24-9-6-13/h2-6,8-9H,7,10,12H2,1H3,(H2,23,26). The smallest absolute Gasteiger partial charge is 0.254 e. The molecule has 4 heterocycles. The van der Waals surface area contributed by atoms with Crippen molar-refractivity contribution < 1.29 is 9.53 Å². The average Bonchev–Trinajstić information content (AvgIpc) is 2.78. The fourth-order valence-corrected chi connectivity index (χ4v) is 3.49. The number of anilines is 1. The highest BCUT2D eigenvalue weighted by Gasteiger charge is 2.28. The van der Waals surface area contributed by atoms with E-state index in [0.29, 0.717) is 42.2 Å². The van der Waals surface area contributed by atoms with Crippen LogP contribution in [0.25, 0.3) is 11.3 Å². The Morgan fingerprint density at radius 2 is 2.03 bits per heavy atom. The van der Waals surface area contributed by atoms with Crippen LogP contribution < -0.4 is 10.5 Å². The van der Waals surface area contributed by atoms with E-state index < -0.39 is 0 Å². The molecule has 0 aromatic carbocycles. The minimum Gasteiger partial charge on any atom is -0.481 e. The summed E-state index contributed by atoms with van der Waals surface area (Å²) in [6.07, 6.45) is 3.72. The summed E-state index contributed by atoms with van der Waals surface area (Å²) in [5.41, 5.74) is 9.60. The van der Waals surface area contributed by atoms with Gasteiger partial charge in [-0.15, -0.1) is 0 Å². The Morgan fingerprint density at radius 1 is 1.24 bits per heavy atom. The number of nitrogens with zero attached hydrogens (tertiary/aromatic N) is 5. The number of fused-ring (bicyclic) bond motifs is 1. The van der Waals surface area contributed by atoms with E-state index in [1.807, 2.05) is 0 Å². The van der Waals surface area contributed by atoms with Gasteiger partial charge < -0.3 is 15.4 Å². The van der Waals surface area contributed by atoms with Crippen molar-refractivity contribution in [2.45, 2.75) is 13.0 Å². The second kappa shape index (κ2) is 7.56. The van der Waals surface area contributed by atoms with Crippen molar-refractivity contribution in [3.63, 3.8) is 0 Å². The molecule has 0 radical (unpaired) electrons. The zero-order valence-corrected chi connectivity index (χ0v) is 15.8. The maximum Gasteiger partial charge on any atom is 0.254 e. The molecule has 0 aliphatic carbocycles. The van der Waals surface area contributed by atoms with Gasteiger partial charge in [0.15, 0.2) is 0 Å². The maximum absolute atomic E-state index is 12.9. The number of rotatable bonds is 3. The van der Waals surface area contributed by atoms with E-state index in [9.17, 15) is 10.1 Å². The van der Waals surface area contributed by atoms with Gasteiger partial charge in [-0.25, -0.2) is 9.97 Å². The monoisotopic (exact) mass is 386 g/mol. The molecule has 0 unspecified atom stereocenters. The second-order valence-electron chi connectivity index (χ2n) is 6.56. The molecule has 1 aliphatic heterocycles. The van der Waals surface area contributed by atoms with Gasteiger partial charge in [0.05, 0.1) is 18.5 Å². The molecule has 1 aliphatic rings. The van der Waals surface area contributed by atoms with Gasteiger partial charge in [-0.05, 0) is 18.2 Å². The lowest BCUT2D eigenvalue weighted by Crippen LogP contribution is -2.37. The second-order valence-corrected chi connectivity index (χ2v) is 6.56. The first kappa shape index (κ1) is 18.4. The Morgan fingerprint density at radius 3 is 2.76 bits per heavy atom. The zero-order valence-electron chi connectivity index (χ0n) is 15.8. The number of nitriles is 1. The normalized spacial score (nSPS) is 12.8. The molecule has 0 spiro atoms. The average molecular weight is 386 g/mol. The largest absolute Gasteiger partial charge is 0.481 e. The van der Waals surface area contributed by atoms with Crippen LogP contribution in [0.15, 0.2) is 42.7 Å². The van der Waals surface area contributed by atoms with E-state index in [-0.39, 0.29) is 17.3 Å². The van der Waals surface area contributed by atoms with Crippen LogP contribution in [0.1, 0.15) is 27.2 Å². The van der Waals surface area contributed by atoms with Crippen molar-refractivity contribution in [1.29, 1.82) is 5.26 Å². The minimum absolute atomic E-state index is 0.0991. The predicted octanol–water partition coefficient (Wildman–Crippen LogP) is 2.20. The van der Waals surface area contributed by atoms with Crippen LogP contribution in [0.4, 0.5) is 5.82 Å². The van der Waals surface area contributed by atoms with Gasteiger partial charge in [0.2, 0.25) is 5.88 Å². The molecule has 1 amide bonds. The van der Waals surface area contributed by atoms with Gasteiger partial charge in [-0.3, -0.25) is 9.78 Å². The van der Waals surface area contributed by atoms with Crippen molar-refractivity contribution in [2.24, 2.45) is 0 Å². The third-order valence-electron chi connectivity index (χ3n) is 4.89. The maximum atomic E-state index is 12.9. The van der Waals surface area contributed by atoms with Gasteiger partial charge in [-0.2, -0.15) is 5.26 Å². The molecule has 2 N–H and O–H groups in total. The van der Waals surface area contributed by atoms with E-state index in [2.05, 4.69) is 21.0 Å². The molecule has 8 nitrogen and oxygen atoms in total. The van der Waals surface area contributed by atoms with E-state index in [1.165, 1.54) is 7.11 Å². The Bertz CT molecular complexity index is 1120. The Kier molecular flexibility index (Phi) is 4.79. The summed E-state index contributed by atoms with van der Waals surface area (Å²) in [6, 6.07) is 10.8. The van der Waals surface area contributed by atoms with E-state index in [0.717, 1.165) is 11.3 Å². The summed E-state index contributed by atoms with van der Waals surface area (Å²) >= 11 is 0. The van der Waals surface area contributed by atoms with Gasteiger partial charge in [0, 0.05) is 54.7 Å². The lowest BCUT2D eigenvalue weighted by Gasteiger charge is -2.30. The first-order chi connectivity index (χ1) is 14.1. The lowest BCUT2D eigenvalue weighted by atomic mass is 9.93. The third kappa shape index (κ3) is 3.34. The van der Waals surface area contributed by atoms with Gasteiger partial charge in [0.25, 0.3) is 5.91 Å². The quantitative estimate of drug-likeness (QED) is 0.733. The number of methoxy groups -OCH3 is 1. The summed E-state index contributed by atoms with van der Waals surface area (Å²) < 4.78 is 5.23. The highest BCUT2D eigenvalue weighted by Crippen LogP contribution is 2.35. The molecule has 0 fully saturated rings. The fraction of sp³-hybridized carbons (Fsp3) is 0.190. The molecular weight excluding hydrogens is 368 g/mol. The Balaban J connectivity index is 1.82. The molecule has 8 heteroatoms. The number of aromatic nitrogens is 3. The minimum atomic E-state index is -0.0991. The molecule has 144 valence electrons. The van der Waals surface area contributed by atoms with Gasteiger partial charge in [0.1, 0.15) is 17.5 Å². The first-order valence-corrected chi connectivity index (χ1v) is 9.04. The van der Waals surface area contributed by atoms with Crippen LogP contribution in [0, 0.1) is 11.3 Å². The van der Waals surface area contributed by atoms with Crippen LogP contribution in [0.3, 0.4) is 0 Å². The van der Waals surface area contributed by atoms with Gasteiger partial charge in [-0.1, -0.05) is 6.07 Å². The molecule has 29 heavy (non-hydrogen) atoms. The summed E-state index contributed by atoms with van der Waals surface area (Å²) in [5.74, 6) is 0.494. The molecule has 0 bridgehead atoms. The molecule has 3 aromatic rings. The first-order valence-electron chi connectivity index (χ1n) is 9.04. The van der Waals surface area contributed by atoms with Crippen LogP contribution >= 0.6 is 0 Å². The highest BCUT2D eigenvalue weighted by atomic mass is 16.5. The number of hydrogen-bond donors (Lipinski definition) is 1. The van der Waals surface area contributed by atoms with Crippen molar-refractivity contribution in [3.8, 4) is 23.2 Å². The van der Waals surface area contributed by atoms with E-state index >= 15 is 0 Å². The molecular formula is C21H18N6O2. The summed E-state index contributed by atoms with van der Waals surface area (Å²) in [6.45, 7) is 0.824. The number of hydrogen-bond acceptors (Lipinski definition) is 7. The van der Waals surface area contributed by atoms with Gasteiger partial charge >= 0.3 is 0 Å². The number of carbonyl (C=O) groups is 1. The van der Waals surface area contributed by atoms with Crippen molar-refractivity contribution in [1.82, 2.24) is 19.9 Å². The van der Waals surface area contributed by atoms with Crippen molar-refractivity contribution in [3.05, 3.63) is 65.1 Å². The molecule has 4 rings (SSSR count). The van der Waals surface area contributed by atoms with Crippen LogP contribution in [-0.4, -0.2) is 39.4 Å². The number of pyridine rings is 3. The van der Waals surface area contributed by atoms with Crippen LogP contribution in [0.5, 0.6) is 5.88 Å². The number of ether oxygens (including phenoxy) is 1. The fourth-order valence-electron chi connectivity index (χ4n) is 3.49. The lowest BCUT2D eigenvalue weighted by molar-refractivity contribution is 0.0734. The molecule has 3 aromatic heterocycles. The Hall–Kier alpha value is -3.99. The van der Waals surface area contributed by atoms with Crippen molar-refractivity contribution >= 4 is 11.7 Å². The number of carbonyl (C=O) groups excluding carboxylic acids is 1. The van der Waals surface area contributed by atoms with Crippen LogP contribution in [-0.2, 0) is 13.0 Å². The molecule has 0 saturated carbocycles. The van der Waals surface area contributed by atoms with E-state index in [4.69, 9.17) is 10.5 Å². The topological polar surface area (TPSA) is 118 Å². The highest BCUT2D eigenvalue weighted by molar-refractivity contribution is 5.94. The van der Waals surface area contributed by atoms with Crippen molar-refractivity contribution in [2.75, 3.05) is 19.4 Å². The molecule has 0 atom stereocenters. The number of nitrogens with two attached hydrogens (primary N) is 1. The summed E-state index contributed by atoms with van der Waals surface area (Å²) in [4.78, 5) is 27.5. The predicted molar refractivity (Wildman–Crippen MR) is 106 cm³/mol. The SMILES string of the molecule is COc1cccc(-c2c(C#N)c(N)nc3c2CN(C(=O)c2ccncc2)CC3)n1. The molecule has 0 saturated heterocycles. The Labute approximate surface area is 167 Å². The number of amides is 1. The van der Waals surface area contributed by atoms with Crippen LogP contribution in [0.2, 0.25) is 0 Å². The summed E-state index contributed by atoms with van der Waals surface area (Å²) in [5, 5.41) is 9.73. The zero-order chi connectivity index (χ0) is 20.4. The summed E-state index contributed by atoms with van der Waals surface area (Å²) in [7, 11) is 1.53. The van der Waals surface area contributed by atoms with E-state index in [1.54, 1.807) is 47.6 Å². The number of nitrogen functional groups attached to an aromatic ring is 1. The third-order valence-corrected chi connectivity index (χ3v) is 4.89.